The highest BCUT2D eigenvalue weighted by Crippen LogP contribution is 2.39. The van der Waals surface area contributed by atoms with E-state index in [0.717, 1.165) is 39.1 Å². The molecule has 0 aromatic rings. The highest BCUT2D eigenvalue weighted by molar-refractivity contribution is 4.78. The summed E-state index contributed by atoms with van der Waals surface area (Å²) in [6.45, 7) is 15.5. The Labute approximate surface area is 149 Å². The van der Waals surface area contributed by atoms with Gasteiger partial charge in [-0.3, -0.25) is 0 Å². The molecule has 0 rings (SSSR count). The summed E-state index contributed by atoms with van der Waals surface area (Å²) in [7, 11) is 0. The summed E-state index contributed by atoms with van der Waals surface area (Å²) in [4.78, 5) is 0. The van der Waals surface area contributed by atoms with Gasteiger partial charge in [0.1, 0.15) is 0 Å². The fourth-order valence-electron chi connectivity index (χ4n) is 3.21. The van der Waals surface area contributed by atoms with Crippen LogP contribution < -0.4 is 0 Å². The summed E-state index contributed by atoms with van der Waals surface area (Å²) < 4.78 is 15.7. The summed E-state index contributed by atoms with van der Waals surface area (Å²) in [6, 6.07) is 0. The van der Waals surface area contributed by atoms with E-state index < -0.39 is 0 Å². The maximum Gasteiger partial charge on any atom is 0.0873 e. The van der Waals surface area contributed by atoms with Crippen LogP contribution in [0.4, 0.5) is 0 Å². The second-order valence-corrected chi connectivity index (χ2v) is 6.34. The van der Waals surface area contributed by atoms with Crippen LogP contribution in [0.15, 0.2) is 38.5 Å². The lowest BCUT2D eigenvalue weighted by Gasteiger charge is -2.33. The first-order valence-electron chi connectivity index (χ1n) is 9.42. The van der Waals surface area contributed by atoms with Gasteiger partial charge >= 0.3 is 0 Å². The van der Waals surface area contributed by atoms with E-state index in [4.69, 9.17) is 14.2 Å². The fraction of sp³-hybridized carbons (Fsp3) is 0.714. The molecule has 3 nitrogen and oxygen atoms in total. The van der Waals surface area contributed by atoms with Gasteiger partial charge in [-0.15, -0.1) is 0 Å². The molecule has 0 unspecified atom stereocenters. The number of hydrogen-bond acceptors (Lipinski definition) is 3. The smallest absolute Gasteiger partial charge is 0.0873 e. The number of unbranched alkanes of at least 4 members (excludes halogenated alkanes) is 3. The van der Waals surface area contributed by atoms with E-state index in [1.54, 1.807) is 0 Å². The summed E-state index contributed by atoms with van der Waals surface area (Å²) in [5.41, 5.74) is 0.441. The van der Waals surface area contributed by atoms with Crippen molar-refractivity contribution >= 4 is 0 Å². The van der Waals surface area contributed by atoms with E-state index in [2.05, 4.69) is 26.7 Å². The van der Waals surface area contributed by atoms with Gasteiger partial charge in [0.25, 0.3) is 0 Å². The summed E-state index contributed by atoms with van der Waals surface area (Å²) in [6.07, 6.45) is 16.6. The first-order valence-corrected chi connectivity index (χ1v) is 9.42. The van der Waals surface area contributed by atoms with Crippen LogP contribution in [0.25, 0.3) is 0 Å². The molecule has 0 bridgehead atoms. The van der Waals surface area contributed by atoms with Crippen molar-refractivity contribution in [2.75, 3.05) is 19.8 Å². The van der Waals surface area contributed by atoms with E-state index in [-0.39, 0.29) is 0 Å². The normalized spacial score (nSPS) is 10.9. The van der Waals surface area contributed by atoms with E-state index >= 15 is 0 Å². The van der Waals surface area contributed by atoms with E-state index in [0.29, 0.717) is 5.41 Å². The van der Waals surface area contributed by atoms with Gasteiger partial charge in [-0.2, -0.15) is 0 Å². The number of hydrogen-bond donors (Lipinski definition) is 0. The van der Waals surface area contributed by atoms with Crippen LogP contribution in [0.1, 0.15) is 71.1 Å². The molecule has 0 amide bonds. The zero-order valence-electron chi connectivity index (χ0n) is 15.8. The van der Waals surface area contributed by atoms with Crippen LogP contribution in [0.2, 0.25) is 0 Å². The highest BCUT2D eigenvalue weighted by atomic mass is 16.5. The van der Waals surface area contributed by atoms with Gasteiger partial charge in [0, 0.05) is 0 Å². The molecule has 0 aliphatic carbocycles. The van der Waals surface area contributed by atoms with E-state index in [1.165, 1.54) is 63.7 Å². The Morgan fingerprint density at radius 1 is 0.625 bits per heavy atom. The Hall–Kier alpha value is -1.38. The molecule has 0 radical (unpaired) electrons. The van der Waals surface area contributed by atoms with Crippen LogP contribution in [0, 0.1) is 5.41 Å². The number of ether oxygens (including phenoxy) is 3. The van der Waals surface area contributed by atoms with Crippen LogP contribution in [0.3, 0.4) is 0 Å². The molecular formula is C21H38O3. The van der Waals surface area contributed by atoms with Crippen LogP contribution in [-0.4, -0.2) is 19.8 Å². The quantitative estimate of drug-likeness (QED) is 0.202. The lowest BCUT2D eigenvalue weighted by Crippen LogP contribution is -2.21. The van der Waals surface area contributed by atoms with Gasteiger partial charge in [0.15, 0.2) is 0 Å². The maximum atomic E-state index is 5.24. The Balaban J connectivity index is 4.29. The van der Waals surface area contributed by atoms with Gasteiger partial charge in [0.05, 0.1) is 38.6 Å². The minimum Gasteiger partial charge on any atom is -0.502 e. The lowest BCUT2D eigenvalue weighted by molar-refractivity contribution is 0.160. The molecular weight excluding hydrogens is 300 g/mol. The highest BCUT2D eigenvalue weighted by Gasteiger charge is 2.26. The lowest BCUT2D eigenvalue weighted by atomic mass is 9.72. The molecule has 24 heavy (non-hydrogen) atoms. The van der Waals surface area contributed by atoms with Crippen molar-refractivity contribution in [3.05, 3.63) is 38.5 Å². The van der Waals surface area contributed by atoms with Crippen LogP contribution in [0.5, 0.6) is 0 Å². The van der Waals surface area contributed by atoms with Crippen molar-refractivity contribution in [3.8, 4) is 0 Å². The van der Waals surface area contributed by atoms with Crippen molar-refractivity contribution < 1.29 is 14.2 Å². The Bertz CT molecular complexity index is 267. The largest absolute Gasteiger partial charge is 0.502 e. The molecule has 140 valence electrons. The molecule has 0 heterocycles. The number of rotatable bonds is 19. The van der Waals surface area contributed by atoms with Gasteiger partial charge in [-0.05, 0) is 63.2 Å². The molecule has 0 atom stereocenters. The third-order valence-electron chi connectivity index (χ3n) is 4.76. The first-order chi connectivity index (χ1) is 11.7. The molecule has 0 aromatic carbocycles. The van der Waals surface area contributed by atoms with Crippen molar-refractivity contribution in [2.45, 2.75) is 71.1 Å². The maximum absolute atomic E-state index is 5.24. The average Bonchev–Trinajstić information content (AvgIpc) is 2.60. The van der Waals surface area contributed by atoms with Crippen LogP contribution in [-0.2, 0) is 14.2 Å². The molecule has 0 saturated carbocycles. The molecule has 0 aromatic heterocycles. The van der Waals surface area contributed by atoms with E-state index in [9.17, 15) is 0 Å². The molecule has 0 spiro atoms. The van der Waals surface area contributed by atoms with Crippen molar-refractivity contribution in [2.24, 2.45) is 5.41 Å². The third-order valence-corrected chi connectivity index (χ3v) is 4.76. The Morgan fingerprint density at radius 2 is 0.958 bits per heavy atom. The van der Waals surface area contributed by atoms with Gasteiger partial charge in [0.2, 0.25) is 0 Å². The molecule has 0 aliphatic heterocycles. The first kappa shape index (κ1) is 22.6. The van der Waals surface area contributed by atoms with Gasteiger partial charge < -0.3 is 14.2 Å². The Kier molecular flexibility index (Phi) is 15.5. The topological polar surface area (TPSA) is 27.7 Å². The molecule has 0 aliphatic rings. The molecule has 0 N–H and O–H groups in total. The second kappa shape index (κ2) is 16.5. The van der Waals surface area contributed by atoms with Crippen molar-refractivity contribution in [1.82, 2.24) is 0 Å². The zero-order valence-corrected chi connectivity index (χ0v) is 15.8. The predicted octanol–water partition coefficient (Wildman–Crippen LogP) is 6.37. The summed E-state index contributed by atoms with van der Waals surface area (Å²) in [5.74, 6) is 0. The van der Waals surface area contributed by atoms with Crippen LogP contribution >= 0.6 is 0 Å². The standard InChI is InChI=1S/C21H38O3/c1-5-21(15-9-12-18-22-6-2,16-10-13-19-23-7-3)17-11-14-20-24-8-4/h6-8H,2-5,9-20H2,1H3. The minimum atomic E-state index is 0.441. The minimum absolute atomic E-state index is 0.441. The Morgan fingerprint density at radius 3 is 1.21 bits per heavy atom. The van der Waals surface area contributed by atoms with Crippen molar-refractivity contribution in [1.29, 1.82) is 0 Å². The summed E-state index contributed by atoms with van der Waals surface area (Å²) >= 11 is 0. The monoisotopic (exact) mass is 338 g/mol. The summed E-state index contributed by atoms with van der Waals surface area (Å²) in [5, 5.41) is 0. The second-order valence-electron chi connectivity index (χ2n) is 6.34. The fourth-order valence-corrected chi connectivity index (χ4v) is 3.21. The molecule has 3 heteroatoms. The van der Waals surface area contributed by atoms with Gasteiger partial charge in [-0.1, -0.05) is 33.1 Å². The SMILES string of the molecule is C=COCCCCC(CC)(CCCCOC=C)CCCCOC=C. The predicted molar refractivity (Wildman–Crippen MR) is 103 cm³/mol. The average molecular weight is 339 g/mol. The van der Waals surface area contributed by atoms with Crippen molar-refractivity contribution in [3.63, 3.8) is 0 Å². The van der Waals surface area contributed by atoms with E-state index in [1.807, 2.05) is 0 Å². The molecule has 0 fully saturated rings. The zero-order chi connectivity index (χ0) is 17.9. The molecule has 0 saturated heterocycles. The van der Waals surface area contributed by atoms with Gasteiger partial charge in [-0.25, -0.2) is 0 Å². The third kappa shape index (κ3) is 12.1.